The molecule has 0 aromatic carbocycles. The van der Waals surface area contributed by atoms with Crippen LogP contribution < -0.4 is 0 Å². The van der Waals surface area contributed by atoms with Crippen molar-refractivity contribution in [1.29, 1.82) is 0 Å². The van der Waals surface area contributed by atoms with Gasteiger partial charge in [-0.25, -0.2) is 0 Å². The maximum atomic E-state index is 2.83. The molecule has 0 N–H and O–H groups in total. The second-order valence-corrected chi connectivity index (χ2v) is 7.65. The summed E-state index contributed by atoms with van der Waals surface area (Å²) in [6, 6.07) is 1.65. The average molecular weight is 285 g/mol. The van der Waals surface area contributed by atoms with E-state index in [1.807, 2.05) is 0 Å². The number of hydrogen-bond donors (Lipinski definition) is 0. The van der Waals surface area contributed by atoms with E-state index in [2.05, 4.69) is 48.6 Å². The van der Waals surface area contributed by atoms with Crippen LogP contribution in [0, 0.1) is 0 Å². The van der Waals surface area contributed by atoms with Crippen LogP contribution in [0.2, 0.25) is 0 Å². The highest BCUT2D eigenvalue weighted by Crippen LogP contribution is 2.34. The van der Waals surface area contributed by atoms with Crippen molar-refractivity contribution in [3.63, 3.8) is 0 Å². The standard InChI is InChI=1S/C16H32N2S/c1-5-14-11-17-10-8-9-15(17)12-18(14)13-16(6-2,7-3)19-4/h14-15H,5-13H2,1-4H3. The third kappa shape index (κ3) is 3.30. The van der Waals surface area contributed by atoms with Crippen molar-refractivity contribution in [2.24, 2.45) is 0 Å². The Balaban J connectivity index is 2.04. The topological polar surface area (TPSA) is 6.48 Å². The van der Waals surface area contributed by atoms with Crippen molar-refractivity contribution in [3.05, 3.63) is 0 Å². The Morgan fingerprint density at radius 3 is 2.47 bits per heavy atom. The molecule has 0 spiro atoms. The van der Waals surface area contributed by atoms with Crippen LogP contribution >= 0.6 is 11.8 Å². The molecule has 2 fully saturated rings. The summed E-state index contributed by atoms with van der Waals surface area (Å²) in [5.74, 6) is 0. The van der Waals surface area contributed by atoms with Gasteiger partial charge in [-0.3, -0.25) is 9.80 Å². The Morgan fingerprint density at radius 1 is 1.16 bits per heavy atom. The zero-order chi connectivity index (χ0) is 13.9. The van der Waals surface area contributed by atoms with Crippen LogP contribution in [-0.2, 0) is 0 Å². The molecule has 2 saturated heterocycles. The summed E-state index contributed by atoms with van der Waals surface area (Å²) in [6.07, 6.45) is 9.06. The molecule has 0 amide bonds. The molecule has 2 nitrogen and oxygen atoms in total. The van der Waals surface area contributed by atoms with E-state index in [0.29, 0.717) is 4.75 Å². The van der Waals surface area contributed by atoms with Crippen molar-refractivity contribution >= 4 is 11.8 Å². The van der Waals surface area contributed by atoms with Gasteiger partial charge in [0.15, 0.2) is 0 Å². The molecule has 0 radical (unpaired) electrons. The van der Waals surface area contributed by atoms with E-state index in [1.54, 1.807) is 0 Å². The third-order valence-electron chi connectivity index (χ3n) is 5.59. The molecule has 2 aliphatic rings. The molecule has 0 saturated carbocycles. The number of hydrogen-bond acceptors (Lipinski definition) is 3. The Kier molecular flexibility index (Phi) is 5.62. The summed E-state index contributed by atoms with van der Waals surface area (Å²) in [4.78, 5) is 5.58. The molecule has 2 unspecified atom stereocenters. The molecule has 3 heteroatoms. The molecule has 0 bridgehead atoms. The first kappa shape index (κ1) is 15.7. The number of nitrogens with zero attached hydrogens (tertiary/aromatic N) is 2. The summed E-state index contributed by atoms with van der Waals surface area (Å²) in [5, 5.41) is 0. The highest BCUT2D eigenvalue weighted by atomic mass is 32.2. The van der Waals surface area contributed by atoms with Gasteiger partial charge in [0.2, 0.25) is 0 Å². The molecule has 2 heterocycles. The predicted molar refractivity (Wildman–Crippen MR) is 87.1 cm³/mol. The molecule has 2 rings (SSSR count). The van der Waals surface area contributed by atoms with E-state index in [4.69, 9.17) is 0 Å². The van der Waals surface area contributed by atoms with Crippen LogP contribution in [0.1, 0.15) is 52.9 Å². The van der Waals surface area contributed by atoms with Crippen molar-refractivity contribution in [3.8, 4) is 0 Å². The lowest BCUT2D eigenvalue weighted by molar-refractivity contribution is 0.0415. The molecule has 0 aliphatic carbocycles. The lowest BCUT2D eigenvalue weighted by Crippen LogP contribution is -2.58. The van der Waals surface area contributed by atoms with Gasteiger partial charge in [0.1, 0.15) is 0 Å². The first-order valence-corrected chi connectivity index (χ1v) is 9.43. The Hall–Kier alpha value is 0.270. The fourth-order valence-electron chi connectivity index (χ4n) is 3.93. The van der Waals surface area contributed by atoms with Crippen LogP contribution in [0.4, 0.5) is 0 Å². The number of piperazine rings is 1. The van der Waals surface area contributed by atoms with E-state index >= 15 is 0 Å². The summed E-state index contributed by atoms with van der Waals surface area (Å²) in [6.45, 7) is 12.4. The highest BCUT2D eigenvalue weighted by molar-refractivity contribution is 8.00. The normalized spacial score (nSPS) is 29.7. The molecule has 112 valence electrons. The number of thioether (sulfide) groups is 1. The minimum absolute atomic E-state index is 0.480. The molecule has 0 aromatic rings. The molecular formula is C16H32N2S. The van der Waals surface area contributed by atoms with Gasteiger partial charge in [0.05, 0.1) is 0 Å². The Morgan fingerprint density at radius 2 is 1.89 bits per heavy atom. The SMILES string of the molecule is CCC1CN2CCCC2CN1CC(CC)(CC)SC. The van der Waals surface area contributed by atoms with Crippen LogP contribution in [0.5, 0.6) is 0 Å². The van der Waals surface area contributed by atoms with E-state index < -0.39 is 0 Å². The van der Waals surface area contributed by atoms with Crippen molar-refractivity contribution in [1.82, 2.24) is 9.80 Å². The highest BCUT2D eigenvalue weighted by Gasteiger charge is 2.38. The number of rotatable bonds is 6. The van der Waals surface area contributed by atoms with Crippen LogP contribution in [0.3, 0.4) is 0 Å². The largest absolute Gasteiger partial charge is 0.298 e. The minimum atomic E-state index is 0.480. The maximum Gasteiger partial charge on any atom is 0.0279 e. The van der Waals surface area contributed by atoms with E-state index in [9.17, 15) is 0 Å². The molecule has 2 aliphatic heterocycles. The first-order valence-electron chi connectivity index (χ1n) is 8.21. The zero-order valence-corrected chi connectivity index (χ0v) is 14.1. The van der Waals surface area contributed by atoms with Crippen molar-refractivity contribution in [2.75, 3.05) is 32.4 Å². The fourth-order valence-corrected chi connectivity index (χ4v) is 4.80. The van der Waals surface area contributed by atoms with Crippen LogP contribution in [0.15, 0.2) is 0 Å². The molecule has 0 aromatic heterocycles. The zero-order valence-electron chi connectivity index (χ0n) is 13.3. The monoisotopic (exact) mass is 284 g/mol. The summed E-state index contributed by atoms with van der Waals surface area (Å²) >= 11 is 2.09. The van der Waals surface area contributed by atoms with Gasteiger partial charge in [0, 0.05) is 36.5 Å². The van der Waals surface area contributed by atoms with Crippen molar-refractivity contribution < 1.29 is 0 Å². The van der Waals surface area contributed by atoms with Crippen LogP contribution in [0.25, 0.3) is 0 Å². The Labute approximate surface area is 124 Å². The molecule has 2 atom stereocenters. The lowest BCUT2D eigenvalue weighted by Gasteiger charge is -2.47. The smallest absolute Gasteiger partial charge is 0.0279 e. The summed E-state index contributed by atoms with van der Waals surface area (Å²) in [7, 11) is 0. The first-order chi connectivity index (χ1) is 9.18. The van der Waals surface area contributed by atoms with E-state index in [-0.39, 0.29) is 0 Å². The second kappa shape index (κ2) is 6.82. The average Bonchev–Trinajstić information content (AvgIpc) is 2.91. The Bertz CT molecular complexity index is 270. The van der Waals surface area contributed by atoms with E-state index in [0.717, 1.165) is 12.1 Å². The predicted octanol–water partition coefficient (Wildman–Crippen LogP) is 3.47. The van der Waals surface area contributed by atoms with Gasteiger partial charge in [-0.1, -0.05) is 20.8 Å². The van der Waals surface area contributed by atoms with E-state index in [1.165, 1.54) is 58.3 Å². The molecule has 19 heavy (non-hydrogen) atoms. The van der Waals surface area contributed by atoms with Gasteiger partial charge in [-0.2, -0.15) is 11.8 Å². The maximum absolute atomic E-state index is 2.83. The van der Waals surface area contributed by atoms with Gasteiger partial charge in [-0.05, 0) is 44.9 Å². The van der Waals surface area contributed by atoms with Crippen molar-refractivity contribution in [2.45, 2.75) is 69.7 Å². The second-order valence-electron chi connectivity index (χ2n) is 6.38. The fraction of sp³-hybridized carbons (Fsp3) is 1.00. The van der Waals surface area contributed by atoms with Gasteiger partial charge < -0.3 is 0 Å². The summed E-state index contributed by atoms with van der Waals surface area (Å²) in [5.41, 5.74) is 0. The summed E-state index contributed by atoms with van der Waals surface area (Å²) < 4.78 is 0.480. The quantitative estimate of drug-likeness (QED) is 0.737. The minimum Gasteiger partial charge on any atom is -0.298 e. The lowest BCUT2D eigenvalue weighted by atomic mass is 9.97. The van der Waals surface area contributed by atoms with Crippen LogP contribution in [-0.4, -0.2) is 59.1 Å². The number of fused-ring (bicyclic) bond motifs is 1. The molecular weight excluding hydrogens is 252 g/mol. The van der Waals surface area contributed by atoms with Gasteiger partial charge in [0.25, 0.3) is 0 Å². The third-order valence-corrected chi connectivity index (χ3v) is 7.16. The van der Waals surface area contributed by atoms with Gasteiger partial charge in [-0.15, -0.1) is 0 Å². The van der Waals surface area contributed by atoms with Gasteiger partial charge >= 0.3 is 0 Å².